The molecule has 0 spiro atoms. The minimum absolute atomic E-state index is 0.118. The van der Waals surface area contributed by atoms with E-state index in [2.05, 4.69) is 0 Å². The van der Waals surface area contributed by atoms with Crippen molar-refractivity contribution in [2.24, 2.45) is 22.7 Å². The molecule has 2 atom stereocenters. The molecule has 20 heavy (non-hydrogen) atoms. The van der Waals surface area contributed by atoms with Gasteiger partial charge in [-0.15, -0.1) is 0 Å². The predicted molar refractivity (Wildman–Crippen MR) is 70.7 cm³/mol. The fourth-order valence-electron chi connectivity index (χ4n) is 3.70. The molecule has 5 nitrogen and oxygen atoms in total. The maximum atomic E-state index is 12.4. The second kappa shape index (κ2) is 4.86. The molecule has 2 fully saturated rings. The number of esters is 2. The SMILES string of the molecule is COC(=O)C1(C(=O)OC)C[C@@H]2C[C@]2(C(=O)CC(C)C)C1. The van der Waals surface area contributed by atoms with Crippen LogP contribution < -0.4 is 0 Å². The van der Waals surface area contributed by atoms with E-state index in [1.165, 1.54) is 14.2 Å². The molecule has 0 bridgehead atoms. The van der Waals surface area contributed by atoms with Crippen LogP contribution in [-0.2, 0) is 23.9 Å². The number of hydrogen-bond acceptors (Lipinski definition) is 5. The summed E-state index contributed by atoms with van der Waals surface area (Å²) in [5.41, 5.74) is -1.77. The molecule has 2 aliphatic carbocycles. The summed E-state index contributed by atoms with van der Waals surface area (Å²) in [6, 6.07) is 0. The Labute approximate surface area is 119 Å². The molecule has 5 heteroatoms. The molecule has 2 saturated carbocycles. The van der Waals surface area contributed by atoms with Crippen molar-refractivity contribution in [3.8, 4) is 0 Å². The van der Waals surface area contributed by atoms with Gasteiger partial charge in [-0.1, -0.05) is 13.8 Å². The topological polar surface area (TPSA) is 69.7 Å². The van der Waals surface area contributed by atoms with Gasteiger partial charge < -0.3 is 9.47 Å². The lowest BCUT2D eigenvalue weighted by atomic mass is 9.79. The Morgan fingerprint density at radius 2 is 1.65 bits per heavy atom. The molecule has 0 unspecified atom stereocenters. The number of carbonyl (C=O) groups is 3. The molecule has 2 aliphatic rings. The Hall–Kier alpha value is -1.39. The monoisotopic (exact) mass is 282 g/mol. The van der Waals surface area contributed by atoms with E-state index in [4.69, 9.17) is 9.47 Å². The van der Waals surface area contributed by atoms with Crippen molar-refractivity contribution in [2.75, 3.05) is 14.2 Å². The van der Waals surface area contributed by atoms with Gasteiger partial charge in [0.25, 0.3) is 0 Å². The Kier molecular flexibility index (Phi) is 3.65. The van der Waals surface area contributed by atoms with Gasteiger partial charge in [0.1, 0.15) is 5.78 Å². The van der Waals surface area contributed by atoms with E-state index in [-0.39, 0.29) is 24.0 Å². The zero-order valence-corrected chi connectivity index (χ0v) is 12.5. The summed E-state index contributed by atoms with van der Waals surface area (Å²) in [7, 11) is 2.53. The summed E-state index contributed by atoms with van der Waals surface area (Å²) in [6.07, 6.45) is 1.90. The summed E-state index contributed by atoms with van der Waals surface area (Å²) in [4.78, 5) is 36.5. The molecule has 0 aromatic rings. The Balaban J connectivity index is 2.23. The molecule has 112 valence electrons. The highest BCUT2D eigenvalue weighted by atomic mass is 16.5. The number of ketones is 1. The summed E-state index contributed by atoms with van der Waals surface area (Å²) < 4.78 is 9.57. The lowest BCUT2D eigenvalue weighted by Gasteiger charge is -2.26. The highest BCUT2D eigenvalue weighted by Crippen LogP contribution is 2.70. The Morgan fingerprint density at radius 3 is 2.10 bits per heavy atom. The van der Waals surface area contributed by atoms with Crippen molar-refractivity contribution < 1.29 is 23.9 Å². The van der Waals surface area contributed by atoms with Crippen LogP contribution in [-0.4, -0.2) is 31.9 Å². The third-order valence-electron chi connectivity index (χ3n) is 4.75. The number of ether oxygens (including phenoxy) is 2. The molecule has 0 heterocycles. The number of carbonyl (C=O) groups excluding carboxylic acids is 3. The summed E-state index contributed by atoms with van der Waals surface area (Å²) in [5, 5.41) is 0. The first kappa shape index (κ1) is 15.0. The normalized spacial score (nSPS) is 29.8. The quantitative estimate of drug-likeness (QED) is 0.567. The van der Waals surface area contributed by atoms with E-state index in [1.54, 1.807) is 0 Å². The summed E-state index contributed by atoms with van der Waals surface area (Å²) in [6.45, 7) is 3.99. The first-order chi connectivity index (χ1) is 9.32. The van der Waals surface area contributed by atoms with Gasteiger partial charge in [-0.3, -0.25) is 14.4 Å². The summed E-state index contributed by atoms with van der Waals surface area (Å²) in [5.74, 6) is -0.579. The number of fused-ring (bicyclic) bond motifs is 1. The first-order valence-electron chi connectivity index (χ1n) is 7.02. The standard InChI is InChI=1S/C15H22O5/c1-9(2)5-11(16)14-6-10(14)7-15(8-14,12(17)19-3)13(18)20-4/h9-10H,5-8H2,1-4H3/t10-,14-/m0/s1. The molecule has 2 rings (SSSR count). The van der Waals surface area contributed by atoms with Crippen molar-refractivity contribution in [3.63, 3.8) is 0 Å². The molecule has 0 amide bonds. The number of Topliss-reactive ketones (excluding diaryl/α,β-unsaturated/α-hetero) is 1. The van der Waals surface area contributed by atoms with E-state index >= 15 is 0 Å². The second-order valence-electron chi connectivity index (χ2n) is 6.52. The minimum atomic E-state index is -1.28. The van der Waals surface area contributed by atoms with Gasteiger partial charge in [0, 0.05) is 11.8 Å². The van der Waals surface area contributed by atoms with Crippen LogP contribution >= 0.6 is 0 Å². The fraction of sp³-hybridized carbons (Fsp3) is 0.800. The van der Waals surface area contributed by atoms with Gasteiger partial charge in [-0.25, -0.2) is 0 Å². The molecule has 0 saturated heterocycles. The van der Waals surface area contributed by atoms with Crippen molar-refractivity contribution in [1.29, 1.82) is 0 Å². The molecule has 0 aliphatic heterocycles. The molecule has 0 radical (unpaired) electrons. The Bertz CT molecular complexity index is 437. The third-order valence-corrected chi connectivity index (χ3v) is 4.75. The van der Waals surface area contributed by atoms with Crippen molar-refractivity contribution in [3.05, 3.63) is 0 Å². The van der Waals surface area contributed by atoms with E-state index in [1.807, 2.05) is 13.8 Å². The second-order valence-corrected chi connectivity index (χ2v) is 6.52. The van der Waals surface area contributed by atoms with E-state index in [0.29, 0.717) is 12.8 Å². The average Bonchev–Trinajstić information content (AvgIpc) is 2.99. The van der Waals surface area contributed by atoms with Crippen molar-refractivity contribution in [2.45, 2.75) is 39.5 Å². The predicted octanol–water partition coefficient (Wildman–Crippen LogP) is 1.73. The Morgan fingerprint density at radius 1 is 1.10 bits per heavy atom. The van der Waals surface area contributed by atoms with Gasteiger partial charge in [-0.2, -0.15) is 0 Å². The average molecular weight is 282 g/mol. The molecular weight excluding hydrogens is 260 g/mol. The minimum Gasteiger partial charge on any atom is -0.468 e. The van der Waals surface area contributed by atoms with Crippen molar-refractivity contribution >= 4 is 17.7 Å². The molecule has 0 aromatic carbocycles. The molecule has 0 N–H and O–H groups in total. The number of methoxy groups -OCH3 is 2. The molecular formula is C15H22O5. The van der Waals surface area contributed by atoms with E-state index < -0.39 is 22.8 Å². The van der Waals surface area contributed by atoms with Crippen LogP contribution in [0.1, 0.15) is 39.5 Å². The van der Waals surface area contributed by atoms with Crippen LogP contribution in [0.15, 0.2) is 0 Å². The van der Waals surface area contributed by atoms with Crippen LogP contribution in [0.3, 0.4) is 0 Å². The van der Waals surface area contributed by atoms with Crippen molar-refractivity contribution in [1.82, 2.24) is 0 Å². The van der Waals surface area contributed by atoms with Gasteiger partial charge in [0.05, 0.1) is 14.2 Å². The van der Waals surface area contributed by atoms with E-state index in [9.17, 15) is 14.4 Å². The van der Waals surface area contributed by atoms with Gasteiger partial charge >= 0.3 is 11.9 Å². The maximum Gasteiger partial charge on any atom is 0.323 e. The molecule has 0 aromatic heterocycles. The highest BCUT2D eigenvalue weighted by molar-refractivity contribution is 6.03. The zero-order chi connectivity index (χ0) is 15.1. The third kappa shape index (κ3) is 2.03. The number of rotatable bonds is 5. The van der Waals surface area contributed by atoms with Gasteiger partial charge in [0.2, 0.25) is 0 Å². The largest absolute Gasteiger partial charge is 0.468 e. The number of hydrogen-bond donors (Lipinski definition) is 0. The highest BCUT2D eigenvalue weighted by Gasteiger charge is 2.73. The maximum absolute atomic E-state index is 12.4. The van der Waals surface area contributed by atoms with Crippen LogP contribution in [0, 0.1) is 22.7 Å². The van der Waals surface area contributed by atoms with Crippen LogP contribution in [0.25, 0.3) is 0 Å². The lowest BCUT2D eigenvalue weighted by molar-refractivity contribution is -0.169. The zero-order valence-electron chi connectivity index (χ0n) is 12.5. The van der Waals surface area contributed by atoms with E-state index in [0.717, 1.165) is 6.42 Å². The van der Waals surface area contributed by atoms with Gasteiger partial charge in [0.15, 0.2) is 5.41 Å². The summed E-state index contributed by atoms with van der Waals surface area (Å²) >= 11 is 0. The smallest absolute Gasteiger partial charge is 0.323 e. The van der Waals surface area contributed by atoms with Gasteiger partial charge in [-0.05, 0) is 31.1 Å². The fourth-order valence-corrected chi connectivity index (χ4v) is 3.70. The lowest BCUT2D eigenvalue weighted by Crippen LogP contribution is -2.41. The van der Waals surface area contributed by atoms with Crippen LogP contribution in [0.2, 0.25) is 0 Å². The van der Waals surface area contributed by atoms with Crippen LogP contribution in [0.4, 0.5) is 0 Å². The van der Waals surface area contributed by atoms with Crippen LogP contribution in [0.5, 0.6) is 0 Å². The first-order valence-corrected chi connectivity index (χ1v) is 7.02.